The van der Waals surface area contributed by atoms with E-state index in [0.29, 0.717) is 39.9 Å². The van der Waals surface area contributed by atoms with Gasteiger partial charge >= 0.3 is 0 Å². The van der Waals surface area contributed by atoms with E-state index in [1.807, 2.05) is 73.7 Å². The molecular formula is C35H26N2O6S. The Labute approximate surface area is 256 Å². The first-order chi connectivity index (χ1) is 21.4. The van der Waals surface area contributed by atoms with Crippen molar-refractivity contribution in [2.24, 2.45) is 0 Å². The van der Waals surface area contributed by atoms with Crippen molar-refractivity contribution in [2.75, 3.05) is 12.0 Å². The van der Waals surface area contributed by atoms with Gasteiger partial charge in [0.1, 0.15) is 12.2 Å². The number of fused-ring (bicyclic) bond motifs is 2. The lowest BCUT2D eigenvalue weighted by molar-refractivity contribution is -0.117. The van der Waals surface area contributed by atoms with Crippen LogP contribution in [0, 0.1) is 6.92 Å². The molecule has 44 heavy (non-hydrogen) atoms. The van der Waals surface area contributed by atoms with Crippen LogP contribution in [-0.4, -0.2) is 28.9 Å². The summed E-state index contributed by atoms with van der Waals surface area (Å²) in [6, 6.07) is 28.6. The smallest absolute Gasteiger partial charge is 0.296 e. The predicted octanol–water partition coefficient (Wildman–Crippen LogP) is 7.72. The molecule has 9 heteroatoms. The zero-order valence-electron chi connectivity index (χ0n) is 23.8. The van der Waals surface area contributed by atoms with Gasteiger partial charge in [0.25, 0.3) is 5.91 Å². The van der Waals surface area contributed by atoms with Crippen molar-refractivity contribution in [3.05, 3.63) is 131 Å². The molecule has 2 aromatic heterocycles. The van der Waals surface area contributed by atoms with Gasteiger partial charge in [-0.15, -0.1) is 0 Å². The van der Waals surface area contributed by atoms with Crippen molar-refractivity contribution in [1.82, 2.24) is 4.98 Å². The number of para-hydroxylation sites is 1. The number of ketones is 1. The summed E-state index contributed by atoms with van der Waals surface area (Å²) in [7, 11) is 1.52. The molecule has 4 aromatic carbocycles. The summed E-state index contributed by atoms with van der Waals surface area (Å²) >= 11 is 1.31. The SMILES string of the molecule is COc1cc([C@@H]2C(C(=O)c3cc4ccccc4o3)=C(O)C(=O)N2c2nc3ccc(C)cc3s2)ccc1OCc1ccccc1. The van der Waals surface area contributed by atoms with E-state index in [2.05, 4.69) is 0 Å². The summed E-state index contributed by atoms with van der Waals surface area (Å²) in [5.41, 5.74) is 3.70. The minimum atomic E-state index is -1.01. The minimum absolute atomic E-state index is 0.0158. The number of Topliss-reactive ketones (excluding diaryl/α,β-unsaturated/α-hetero) is 1. The van der Waals surface area contributed by atoms with E-state index < -0.39 is 23.5 Å². The summed E-state index contributed by atoms with van der Waals surface area (Å²) < 4.78 is 18.5. The van der Waals surface area contributed by atoms with Gasteiger partial charge in [-0.3, -0.25) is 14.5 Å². The highest BCUT2D eigenvalue weighted by Gasteiger charge is 2.47. The number of methoxy groups -OCH3 is 1. The van der Waals surface area contributed by atoms with Gasteiger partial charge in [0, 0.05) is 5.39 Å². The average molecular weight is 603 g/mol. The van der Waals surface area contributed by atoms with Gasteiger partial charge in [-0.2, -0.15) is 0 Å². The van der Waals surface area contributed by atoms with Crippen molar-refractivity contribution in [3.8, 4) is 11.5 Å². The number of thiazole rings is 1. The van der Waals surface area contributed by atoms with Crippen molar-refractivity contribution in [2.45, 2.75) is 19.6 Å². The Morgan fingerprint density at radius 2 is 1.77 bits per heavy atom. The molecule has 7 rings (SSSR count). The molecular weight excluding hydrogens is 576 g/mol. The molecule has 6 aromatic rings. The number of hydrogen-bond donors (Lipinski definition) is 1. The van der Waals surface area contributed by atoms with Crippen molar-refractivity contribution in [3.63, 3.8) is 0 Å². The molecule has 218 valence electrons. The standard InChI is InChI=1S/C35H26N2O6S/c1-20-12-14-24-29(16-20)44-35(36-24)37-31(23-13-15-26(27(18-23)41-2)42-19-21-8-4-3-5-9-21)30(33(39)34(37)40)32(38)28-17-22-10-6-7-11-25(22)43-28/h3-18,31,39H,19H2,1-2H3/t31-/m1/s1. The summed E-state index contributed by atoms with van der Waals surface area (Å²) in [5.74, 6) is -1.06. The van der Waals surface area contributed by atoms with Crippen LogP contribution in [0.15, 0.2) is 113 Å². The van der Waals surface area contributed by atoms with E-state index in [9.17, 15) is 14.7 Å². The number of aromatic nitrogens is 1. The number of aliphatic hydroxyl groups is 1. The van der Waals surface area contributed by atoms with Crippen molar-refractivity contribution >= 4 is 49.3 Å². The highest BCUT2D eigenvalue weighted by Crippen LogP contribution is 2.46. The van der Waals surface area contributed by atoms with Crippen LogP contribution in [0.5, 0.6) is 11.5 Å². The maximum absolute atomic E-state index is 14.1. The molecule has 0 unspecified atom stereocenters. The minimum Gasteiger partial charge on any atom is -0.503 e. The number of anilines is 1. The molecule has 0 spiro atoms. The summed E-state index contributed by atoms with van der Waals surface area (Å²) in [6.07, 6.45) is 0. The summed E-state index contributed by atoms with van der Waals surface area (Å²) in [4.78, 5) is 33.9. The zero-order valence-corrected chi connectivity index (χ0v) is 24.6. The molecule has 8 nitrogen and oxygen atoms in total. The number of aliphatic hydroxyl groups excluding tert-OH is 1. The number of carbonyl (C=O) groups excluding carboxylic acids is 2. The Morgan fingerprint density at radius 3 is 2.57 bits per heavy atom. The van der Waals surface area contributed by atoms with Gasteiger partial charge in [-0.05, 0) is 60.0 Å². The molecule has 1 atom stereocenters. The number of ether oxygens (including phenoxy) is 2. The normalized spacial score (nSPS) is 15.0. The number of hydrogen-bond acceptors (Lipinski definition) is 8. The lowest BCUT2D eigenvalue weighted by atomic mass is 9.95. The van der Waals surface area contributed by atoms with Gasteiger partial charge in [-0.25, -0.2) is 4.98 Å². The second-order valence-corrected chi connectivity index (χ2v) is 11.5. The Bertz CT molecular complexity index is 2060. The van der Waals surface area contributed by atoms with Gasteiger partial charge in [0.05, 0.1) is 28.9 Å². The molecule has 1 aliphatic heterocycles. The largest absolute Gasteiger partial charge is 0.503 e. The van der Waals surface area contributed by atoms with E-state index in [4.69, 9.17) is 18.9 Å². The van der Waals surface area contributed by atoms with Gasteiger partial charge in [-0.1, -0.05) is 72.0 Å². The molecule has 1 N–H and O–H groups in total. The summed E-state index contributed by atoms with van der Waals surface area (Å²) in [5, 5.41) is 12.4. The Balaban J connectivity index is 1.33. The van der Waals surface area contributed by atoms with Crippen LogP contribution in [0.25, 0.3) is 21.2 Å². The summed E-state index contributed by atoms with van der Waals surface area (Å²) in [6.45, 7) is 2.31. The van der Waals surface area contributed by atoms with Crippen LogP contribution in [0.2, 0.25) is 0 Å². The third-order valence-electron chi connectivity index (χ3n) is 7.58. The number of nitrogens with zero attached hydrogens (tertiary/aromatic N) is 2. The van der Waals surface area contributed by atoms with E-state index in [0.717, 1.165) is 21.2 Å². The Kier molecular flexibility index (Phi) is 6.87. The molecule has 0 saturated carbocycles. The van der Waals surface area contributed by atoms with Crippen LogP contribution < -0.4 is 14.4 Å². The van der Waals surface area contributed by atoms with E-state index in [1.54, 1.807) is 30.3 Å². The highest BCUT2D eigenvalue weighted by atomic mass is 32.1. The number of benzene rings is 4. The molecule has 1 aliphatic rings. The first-order valence-electron chi connectivity index (χ1n) is 13.9. The van der Waals surface area contributed by atoms with Crippen molar-refractivity contribution in [1.29, 1.82) is 0 Å². The van der Waals surface area contributed by atoms with Gasteiger partial charge < -0.3 is 19.0 Å². The Morgan fingerprint density at radius 1 is 0.977 bits per heavy atom. The number of furan rings is 1. The number of carbonyl (C=O) groups is 2. The average Bonchev–Trinajstić information content (AvgIpc) is 3.74. The fraction of sp³-hybridized carbons (Fsp3) is 0.114. The lowest BCUT2D eigenvalue weighted by Gasteiger charge is -2.25. The Hall–Kier alpha value is -5.41. The second-order valence-electron chi connectivity index (χ2n) is 10.5. The second kappa shape index (κ2) is 11.0. The predicted molar refractivity (Wildman–Crippen MR) is 169 cm³/mol. The third kappa shape index (κ3) is 4.77. The third-order valence-corrected chi connectivity index (χ3v) is 8.60. The molecule has 0 fully saturated rings. The molecule has 3 heterocycles. The molecule has 0 saturated heterocycles. The number of aryl methyl sites for hydroxylation is 1. The first-order valence-corrected chi connectivity index (χ1v) is 14.7. The van der Waals surface area contributed by atoms with E-state index >= 15 is 0 Å². The first kappa shape index (κ1) is 27.4. The van der Waals surface area contributed by atoms with Crippen LogP contribution in [0.1, 0.15) is 33.3 Å². The van der Waals surface area contributed by atoms with Crippen LogP contribution in [0.4, 0.5) is 5.13 Å². The number of amides is 1. The topological polar surface area (TPSA) is 102 Å². The zero-order chi connectivity index (χ0) is 30.4. The maximum atomic E-state index is 14.1. The monoisotopic (exact) mass is 602 g/mol. The van der Waals surface area contributed by atoms with Crippen LogP contribution in [-0.2, 0) is 11.4 Å². The maximum Gasteiger partial charge on any atom is 0.296 e. The van der Waals surface area contributed by atoms with E-state index in [-0.39, 0.29) is 11.3 Å². The lowest BCUT2D eigenvalue weighted by Crippen LogP contribution is -2.31. The molecule has 0 radical (unpaired) electrons. The van der Waals surface area contributed by atoms with Crippen LogP contribution >= 0.6 is 11.3 Å². The molecule has 1 amide bonds. The van der Waals surface area contributed by atoms with Gasteiger partial charge in [0.2, 0.25) is 5.78 Å². The fourth-order valence-corrected chi connectivity index (χ4v) is 6.50. The number of rotatable bonds is 8. The molecule has 0 bridgehead atoms. The van der Waals surface area contributed by atoms with Crippen LogP contribution in [0.3, 0.4) is 0 Å². The quantitative estimate of drug-likeness (QED) is 0.178. The van der Waals surface area contributed by atoms with Crippen molar-refractivity contribution < 1.29 is 28.6 Å². The van der Waals surface area contributed by atoms with E-state index in [1.165, 1.54) is 23.3 Å². The fourth-order valence-electron chi connectivity index (χ4n) is 5.41. The van der Waals surface area contributed by atoms with Gasteiger partial charge in [0.15, 0.2) is 28.1 Å². The highest BCUT2D eigenvalue weighted by molar-refractivity contribution is 7.22. The molecule has 0 aliphatic carbocycles.